The molecule has 2 aliphatic rings. The molecule has 7 heteroatoms. The summed E-state index contributed by atoms with van der Waals surface area (Å²) < 4.78 is 6.28. The summed E-state index contributed by atoms with van der Waals surface area (Å²) in [4.78, 5) is 14.4. The predicted octanol–water partition coefficient (Wildman–Crippen LogP) is 4.19. The molecule has 1 aliphatic heterocycles. The number of nitrogens with one attached hydrogen (secondary N) is 2. The minimum absolute atomic E-state index is 0.182. The maximum absolute atomic E-state index is 12.3. The maximum Gasteiger partial charge on any atom is 0.319 e. The van der Waals surface area contributed by atoms with Crippen molar-refractivity contribution in [2.45, 2.75) is 50.6 Å². The summed E-state index contributed by atoms with van der Waals surface area (Å²) in [6, 6.07) is 3.71. The molecule has 2 aromatic rings. The number of nitrogens with zero attached hydrogens (tertiary/aromatic N) is 1. The van der Waals surface area contributed by atoms with E-state index in [0.29, 0.717) is 17.3 Å². The highest BCUT2D eigenvalue weighted by Crippen LogP contribution is 2.48. The Kier molecular flexibility index (Phi) is 5.05. The molecular formula is C20H26ClN3O3. The summed E-state index contributed by atoms with van der Waals surface area (Å²) >= 11 is 6.55. The lowest BCUT2D eigenvalue weighted by atomic mass is 9.74. The van der Waals surface area contributed by atoms with Crippen LogP contribution >= 0.6 is 11.6 Å². The molecule has 1 spiro atoms. The molecule has 0 unspecified atom stereocenters. The van der Waals surface area contributed by atoms with Crippen molar-refractivity contribution in [3.05, 3.63) is 28.5 Å². The summed E-state index contributed by atoms with van der Waals surface area (Å²) in [5.74, 6) is 0.859. The number of fused-ring (bicyclic) bond motifs is 4. The first kappa shape index (κ1) is 18.6. The number of urea groups is 1. The first-order chi connectivity index (χ1) is 13.0. The number of hydrogen-bond donors (Lipinski definition) is 3. The Morgan fingerprint density at radius 2 is 2.07 bits per heavy atom. The quantitative estimate of drug-likeness (QED) is 0.714. The molecule has 0 radical (unpaired) electrons. The number of hydrogen-bond acceptors (Lipinski definition) is 4. The highest BCUT2D eigenvalue weighted by atomic mass is 35.5. The number of aliphatic hydroxyl groups excluding tert-OH is 1. The summed E-state index contributed by atoms with van der Waals surface area (Å²) in [6.45, 7) is 1.64. The van der Waals surface area contributed by atoms with Crippen LogP contribution in [0.25, 0.3) is 11.0 Å². The molecule has 1 aromatic heterocycles. The van der Waals surface area contributed by atoms with Crippen LogP contribution in [0.1, 0.15) is 49.8 Å². The molecule has 3 N–H and O–H groups in total. The zero-order valence-electron chi connectivity index (χ0n) is 15.6. The fourth-order valence-corrected chi connectivity index (χ4v) is 4.76. The van der Waals surface area contributed by atoms with E-state index in [2.05, 4.69) is 15.5 Å². The Hall–Kier alpha value is -1.76. The molecule has 2 heterocycles. The van der Waals surface area contributed by atoms with Gasteiger partial charge in [-0.25, -0.2) is 4.79 Å². The Bertz CT molecular complexity index is 858. The highest BCUT2D eigenvalue weighted by Gasteiger charge is 2.43. The van der Waals surface area contributed by atoms with E-state index in [-0.39, 0.29) is 12.6 Å². The molecule has 1 fully saturated rings. The van der Waals surface area contributed by atoms with Crippen molar-refractivity contribution in [1.82, 2.24) is 10.2 Å². The number of carbonyl (C=O) groups excluding carboxylic acids is 1. The Morgan fingerprint density at radius 3 is 2.81 bits per heavy atom. The van der Waals surface area contributed by atoms with Gasteiger partial charge in [0.2, 0.25) is 0 Å². The fraction of sp³-hybridized carbons (Fsp3) is 0.550. The van der Waals surface area contributed by atoms with Crippen molar-refractivity contribution in [3.8, 4) is 0 Å². The lowest BCUT2D eigenvalue weighted by Crippen LogP contribution is -2.52. The van der Waals surface area contributed by atoms with Crippen LogP contribution in [0.4, 0.5) is 10.5 Å². The lowest BCUT2D eigenvalue weighted by molar-refractivity contribution is 0.208. The molecule has 27 heavy (non-hydrogen) atoms. The van der Waals surface area contributed by atoms with Gasteiger partial charge in [-0.3, -0.25) is 4.90 Å². The molecule has 2 amide bonds. The van der Waals surface area contributed by atoms with E-state index in [9.17, 15) is 4.79 Å². The van der Waals surface area contributed by atoms with Crippen LogP contribution in [0, 0.1) is 0 Å². The molecule has 0 saturated heterocycles. The van der Waals surface area contributed by atoms with Gasteiger partial charge in [-0.05, 0) is 38.4 Å². The average molecular weight is 392 g/mol. The van der Waals surface area contributed by atoms with Gasteiger partial charge in [0, 0.05) is 24.1 Å². The average Bonchev–Trinajstić information content (AvgIpc) is 3.02. The second-order valence-electron chi connectivity index (χ2n) is 7.78. The van der Waals surface area contributed by atoms with Gasteiger partial charge in [0.25, 0.3) is 0 Å². The van der Waals surface area contributed by atoms with Crippen molar-refractivity contribution in [2.24, 2.45) is 0 Å². The lowest BCUT2D eigenvalue weighted by Gasteiger charge is -2.42. The second-order valence-corrected chi connectivity index (χ2v) is 8.18. The van der Waals surface area contributed by atoms with E-state index in [1.165, 1.54) is 6.42 Å². The topological polar surface area (TPSA) is 77.7 Å². The van der Waals surface area contributed by atoms with Crippen LogP contribution in [-0.4, -0.2) is 36.2 Å². The summed E-state index contributed by atoms with van der Waals surface area (Å²) in [5.41, 5.74) is 2.09. The third kappa shape index (κ3) is 3.42. The highest BCUT2D eigenvalue weighted by molar-refractivity contribution is 6.35. The van der Waals surface area contributed by atoms with Gasteiger partial charge in [0.15, 0.2) is 0 Å². The number of anilines is 1. The van der Waals surface area contributed by atoms with E-state index in [1.807, 2.05) is 19.2 Å². The molecule has 0 atom stereocenters. The first-order valence-electron chi connectivity index (χ1n) is 9.66. The summed E-state index contributed by atoms with van der Waals surface area (Å²) in [5, 5.41) is 16.6. The van der Waals surface area contributed by atoms with E-state index >= 15 is 0 Å². The Morgan fingerprint density at radius 1 is 1.30 bits per heavy atom. The third-order valence-corrected chi connectivity index (χ3v) is 6.01. The first-order valence-corrected chi connectivity index (χ1v) is 10.0. The number of benzene rings is 1. The summed E-state index contributed by atoms with van der Waals surface area (Å²) in [6.07, 6.45) is 5.86. The van der Waals surface area contributed by atoms with Crippen molar-refractivity contribution in [3.63, 3.8) is 0 Å². The maximum atomic E-state index is 12.3. The normalized spacial score (nSPS) is 18.6. The van der Waals surface area contributed by atoms with Crippen LogP contribution in [-0.2, 0) is 12.1 Å². The smallest absolute Gasteiger partial charge is 0.319 e. The summed E-state index contributed by atoms with van der Waals surface area (Å²) in [7, 11) is 2.01. The number of rotatable bonds is 5. The van der Waals surface area contributed by atoms with Crippen LogP contribution in [0.3, 0.4) is 0 Å². The fourth-order valence-electron chi connectivity index (χ4n) is 4.50. The molecule has 4 rings (SSSR count). The van der Waals surface area contributed by atoms with Gasteiger partial charge >= 0.3 is 6.03 Å². The second kappa shape index (κ2) is 7.34. The van der Waals surface area contributed by atoms with E-state index in [1.54, 1.807) is 0 Å². The minimum atomic E-state index is -0.406. The number of amides is 2. The number of halogens is 1. The van der Waals surface area contributed by atoms with Gasteiger partial charge in [0.05, 0.1) is 22.8 Å². The largest absolute Gasteiger partial charge is 0.459 e. The minimum Gasteiger partial charge on any atom is -0.459 e. The zero-order chi connectivity index (χ0) is 19.0. The van der Waals surface area contributed by atoms with Crippen LogP contribution in [0.5, 0.6) is 0 Å². The van der Waals surface area contributed by atoms with E-state index in [4.69, 9.17) is 21.1 Å². The van der Waals surface area contributed by atoms with Crippen LogP contribution in [0.15, 0.2) is 16.5 Å². The molecule has 146 valence electrons. The molecule has 1 saturated carbocycles. The van der Waals surface area contributed by atoms with Crippen LogP contribution in [0.2, 0.25) is 5.02 Å². The number of aliphatic hydroxyl groups is 1. The molecular weight excluding hydrogens is 366 g/mol. The molecule has 6 nitrogen and oxygen atoms in total. The molecule has 0 bridgehead atoms. The van der Waals surface area contributed by atoms with Gasteiger partial charge in [0.1, 0.15) is 11.3 Å². The van der Waals surface area contributed by atoms with E-state index < -0.39 is 5.54 Å². The Balaban J connectivity index is 1.78. The molecule has 1 aromatic carbocycles. The van der Waals surface area contributed by atoms with Crippen LogP contribution < -0.4 is 10.6 Å². The monoisotopic (exact) mass is 391 g/mol. The van der Waals surface area contributed by atoms with Crippen molar-refractivity contribution >= 4 is 34.3 Å². The van der Waals surface area contributed by atoms with Gasteiger partial charge in [-0.1, -0.05) is 30.9 Å². The predicted molar refractivity (Wildman–Crippen MR) is 106 cm³/mol. The van der Waals surface area contributed by atoms with Crippen molar-refractivity contribution in [2.75, 3.05) is 25.5 Å². The third-order valence-electron chi connectivity index (χ3n) is 5.71. The standard InChI is InChI=1S/C20H26ClN3O3/c1-24(8-5-9-25)12-14-10-13-11-15(21)17-16(18(13)27-14)20(23-19(26)22-17)6-3-2-4-7-20/h10-11,25H,2-9,12H2,1H3,(H2,22,23,26). The van der Waals surface area contributed by atoms with Gasteiger partial charge < -0.3 is 20.2 Å². The number of carbonyl (C=O) groups is 1. The van der Waals surface area contributed by atoms with Gasteiger partial charge in [-0.15, -0.1) is 0 Å². The molecule has 1 aliphatic carbocycles. The van der Waals surface area contributed by atoms with Gasteiger partial charge in [-0.2, -0.15) is 0 Å². The Labute approximate surface area is 163 Å². The van der Waals surface area contributed by atoms with Crippen molar-refractivity contribution < 1.29 is 14.3 Å². The number of furan rings is 1. The van der Waals surface area contributed by atoms with E-state index in [0.717, 1.165) is 60.9 Å². The van der Waals surface area contributed by atoms with Crippen molar-refractivity contribution in [1.29, 1.82) is 0 Å². The SMILES string of the molecule is CN(CCCO)Cc1cc2cc(Cl)c3c(c2o1)C1(CCCCC1)NC(=O)N3. The zero-order valence-corrected chi connectivity index (χ0v) is 16.4.